The second-order valence-corrected chi connectivity index (χ2v) is 10.8. The molecule has 0 saturated carbocycles. The van der Waals surface area contributed by atoms with Gasteiger partial charge in [-0.3, -0.25) is 0 Å². The van der Waals surface area contributed by atoms with E-state index in [0.717, 1.165) is 53.5 Å². The summed E-state index contributed by atoms with van der Waals surface area (Å²) < 4.78 is 12.1. The monoisotopic (exact) mass is 530 g/mol. The molecule has 2 aromatic carbocycles. The van der Waals surface area contributed by atoms with Gasteiger partial charge in [0, 0.05) is 23.5 Å². The van der Waals surface area contributed by atoms with Crippen LogP contribution < -0.4 is 9.47 Å². The third-order valence-corrected chi connectivity index (χ3v) is 7.27. The van der Waals surface area contributed by atoms with Crippen molar-refractivity contribution in [2.24, 2.45) is 0 Å². The van der Waals surface area contributed by atoms with Gasteiger partial charge in [-0.2, -0.15) is 0 Å². The van der Waals surface area contributed by atoms with Crippen LogP contribution >= 0.6 is 0 Å². The quantitative estimate of drug-likeness (QED) is 0.136. The highest BCUT2D eigenvalue weighted by Crippen LogP contribution is 2.25. The molecule has 0 aliphatic heterocycles. The first-order valence-corrected chi connectivity index (χ1v) is 15.5. The zero-order chi connectivity index (χ0) is 27.5. The zero-order valence-corrected chi connectivity index (χ0v) is 24.7. The molecule has 0 saturated heterocycles. The summed E-state index contributed by atoms with van der Waals surface area (Å²) in [6, 6.07) is 16.4. The zero-order valence-electron chi connectivity index (χ0n) is 24.7. The van der Waals surface area contributed by atoms with E-state index < -0.39 is 0 Å². The second kappa shape index (κ2) is 18.4. The van der Waals surface area contributed by atoms with Gasteiger partial charge in [-0.25, -0.2) is 9.97 Å². The smallest absolute Gasteiger partial charge is 0.159 e. The van der Waals surface area contributed by atoms with Crippen LogP contribution in [0, 0.1) is 0 Å². The molecule has 0 aliphatic rings. The van der Waals surface area contributed by atoms with Crippen LogP contribution in [0.25, 0.3) is 22.5 Å². The third-order valence-electron chi connectivity index (χ3n) is 7.27. The largest absolute Gasteiger partial charge is 0.494 e. The summed E-state index contributed by atoms with van der Waals surface area (Å²) in [5, 5.41) is 0. The standard InChI is InChI=1S/C35H50N2O2/c1-4-6-8-10-12-14-16-26-38-33-22-18-30(19-23-33)32-27-36-35(37-28-32)31-20-24-34(25-21-31)39-29(3)17-15-13-11-9-7-5-2/h18-25,27-29H,4-17,26H2,1-3H3/t29-/m0/s1. The van der Waals surface area contributed by atoms with Gasteiger partial charge in [-0.1, -0.05) is 96.6 Å². The molecule has 1 aromatic heterocycles. The van der Waals surface area contributed by atoms with E-state index in [9.17, 15) is 0 Å². The lowest BCUT2D eigenvalue weighted by atomic mass is 10.1. The van der Waals surface area contributed by atoms with Gasteiger partial charge in [0.05, 0.1) is 12.7 Å². The molecule has 0 N–H and O–H groups in total. The first-order valence-electron chi connectivity index (χ1n) is 15.5. The molecule has 0 amide bonds. The molecule has 0 aliphatic carbocycles. The van der Waals surface area contributed by atoms with Crippen molar-refractivity contribution >= 4 is 0 Å². The highest BCUT2D eigenvalue weighted by atomic mass is 16.5. The lowest BCUT2D eigenvalue weighted by Gasteiger charge is -2.15. The van der Waals surface area contributed by atoms with Crippen molar-refractivity contribution in [3.8, 4) is 34.0 Å². The predicted octanol–water partition coefficient (Wildman–Crippen LogP) is 10.5. The minimum absolute atomic E-state index is 0.231. The molecule has 0 unspecified atom stereocenters. The Hall–Kier alpha value is -2.88. The van der Waals surface area contributed by atoms with Gasteiger partial charge in [-0.15, -0.1) is 0 Å². The maximum atomic E-state index is 6.12. The molecule has 0 bridgehead atoms. The van der Waals surface area contributed by atoms with Gasteiger partial charge >= 0.3 is 0 Å². The molecular formula is C35H50N2O2. The molecule has 0 spiro atoms. The van der Waals surface area contributed by atoms with Crippen LogP contribution in [0.5, 0.6) is 11.5 Å². The Labute approximate surface area is 237 Å². The SMILES string of the molecule is CCCCCCCCCOc1ccc(-c2cnc(-c3ccc(O[C@@H](C)CCCCCCCC)cc3)nc2)cc1. The van der Waals surface area contributed by atoms with Crippen LogP contribution in [-0.4, -0.2) is 22.7 Å². The summed E-state index contributed by atoms with van der Waals surface area (Å²) in [6.45, 7) is 7.47. The highest BCUT2D eigenvalue weighted by molar-refractivity contribution is 5.64. The Morgan fingerprint density at radius 1 is 0.564 bits per heavy atom. The Morgan fingerprint density at radius 2 is 1.08 bits per heavy atom. The Kier molecular flexibility index (Phi) is 14.5. The Balaban J connectivity index is 1.40. The number of ether oxygens (including phenoxy) is 2. The van der Waals surface area contributed by atoms with Crippen LogP contribution in [0.2, 0.25) is 0 Å². The maximum Gasteiger partial charge on any atom is 0.159 e. The first kappa shape index (κ1) is 30.7. The van der Waals surface area contributed by atoms with E-state index in [1.165, 1.54) is 77.0 Å². The molecule has 212 valence electrons. The van der Waals surface area contributed by atoms with Crippen molar-refractivity contribution < 1.29 is 9.47 Å². The van der Waals surface area contributed by atoms with Gasteiger partial charge < -0.3 is 9.47 Å². The highest BCUT2D eigenvalue weighted by Gasteiger charge is 2.07. The average molecular weight is 531 g/mol. The molecule has 1 heterocycles. The molecular weight excluding hydrogens is 480 g/mol. The summed E-state index contributed by atoms with van der Waals surface area (Å²) >= 11 is 0. The number of nitrogens with zero attached hydrogens (tertiary/aromatic N) is 2. The van der Waals surface area contributed by atoms with Crippen molar-refractivity contribution in [1.82, 2.24) is 9.97 Å². The van der Waals surface area contributed by atoms with Crippen molar-refractivity contribution in [2.45, 2.75) is 117 Å². The van der Waals surface area contributed by atoms with Crippen LogP contribution in [-0.2, 0) is 0 Å². The van der Waals surface area contributed by atoms with E-state index in [2.05, 4.69) is 42.9 Å². The molecule has 0 radical (unpaired) electrons. The fourth-order valence-electron chi connectivity index (χ4n) is 4.80. The molecule has 4 nitrogen and oxygen atoms in total. The lowest BCUT2D eigenvalue weighted by Crippen LogP contribution is -2.11. The number of aromatic nitrogens is 2. The van der Waals surface area contributed by atoms with E-state index in [1.54, 1.807) is 0 Å². The molecule has 4 heteroatoms. The minimum atomic E-state index is 0.231. The third kappa shape index (κ3) is 11.8. The first-order chi connectivity index (χ1) is 19.2. The summed E-state index contributed by atoms with van der Waals surface area (Å²) in [4.78, 5) is 9.25. The number of hydrogen-bond acceptors (Lipinski definition) is 4. The predicted molar refractivity (Wildman–Crippen MR) is 164 cm³/mol. The molecule has 39 heavy (non-hydrogen) atoms. The fourth-order valence-corrected chi connectivity index (χ4v) is 4.80. The van der Waals surface area contributed by atoms with E-state index >= 15 is 0 Å². The minimum Gasteiger partial charge on any atom is -0.494 e. The number of benzene rings is 2. The summed E-state index contributed by atoms with van der Waals surface area (Å²) in [6.07, 6.45) is 22.1. The van der Waals surface area contributed by atoms with Crippen LogP contribution in [0.4, 0.5) is 0 Å². The van der Waals surface area contributed by atoms with E-state index in [4.69, 9.17) is 9.47 Å². The van der Waals surface area contributed by atoms with E-state index in [1.807, 2.05) is 48.8 Å². The number of rotatable bonds is 20. The van der Waals surface area contributed by atoms with Crippen LogP contribution in [0.15, 0.2) is 60.9 Å². The Bertz CT molecular complexity index is 1020. The van der Waals surface area contributed by atoms with Gasteiger partial charge in [0.1, 0.15) is 11.5 Å². The number of unbranched alkanes of at least 4 members (excludes halogenated alkanes) is 11. The van der Waals surface area contributed by atoms with Crippen molar-refractivity contribution in [3.63, 3.8) is 0 Å². The van der Waals surface area contributed by atoms with E-state index in [0.29, 0.717) is 0 Å². The molecule has 3 aromatic rings. The van der Waals surface area contributed by atoms with Crippen LogP contribution in [0.1, 0.15) is 111 Å². The summed E-state index contributed by atoms with van der Waals surface area (Å²) in [5.41, 5.74) is 3.08. The van der Waals surface area contributed by atoms with Crippen LogP contribution in [0.3, 0.4) is 0 Å². The molecule has 1 atom stereocenters. The summed E-state index contributed by atoms with van der Waals surface area (Å²) in [5.74, 6) is 2.55. The van der Waals surface area contributed by atoms with E-state index in [-0.39, 0.29) is 6.10 Å². The molecule has 0 fully saturated rings. The van der Waals surface area contributed by atoms with Gasteiger partial charge in [0.2, 0.25) is 0 Å². The molecule has 3 rings (SSSR count). The fraction of sp³-hybridized carbons (Fsp3) is 0.543. The van der Waals surface area contributed by atoms with Gasteiger partial charge in [0.15, 0.2) is 5.82 Å². The Morgan fingerprint density at radius 3 is 1.69 bits per heavy atom. The van der Waals surface area contributed by atoms with Crippen molar-refractivity contribution in [2.75, 3.05) is 6.61 Å². The number of hydrogen-bond donors (Lipinski definition) is 0. The second-order valence-electron chi connectivity index (χ2n) is 10.8. The van der Waals surface area contributed by atoms with Crippen molar-refractivity contribution in [1.29, 1.82) is 0 Å². The van der Waals surface area contributed by atoms with Gasteiger partial charge in [-0.05, 0) is 68.1 Å². The van der Waals surface area contributed by atoms with Gasteiger partial charge in [0.25, 0.3) is 0 Å². The van der Waals surface area contributed by atoms with Crippen molar-refractivity contribution in [3.05, 3.63) is 60.9 Å². The topological polar surface area (TPSA) is 44.2 Å². The summed E-state index contributed by atoms with van der Waals surface area (Å²) in [7, 11) is 0. The normalized spacial score (nSPS) is 11.9. The maximum absolute atomic E-state index is 6.12. The average Bonchev–Trinajstić information content (AvgIpc) is 2.97. The lowest BCUT2D eigenvalue weighted by molar-refractivity contribution is 0.206.